The highest BCUT2D eigenvalue weighted by atomic mass is 19.4. The van der Waals surface area contributed by atoms with E-state index in [0.29, 0.717) is 24.3 Å². The molecule has 2 fully saturated rings. The smallest absolute Gasteiger partial charge is 0.406 e. The minimum absolute atomic E-state index is 0.160. The van der Waals surface area contributed by atoms with Crippen molar-refractivity contribution in [3.8, 4) is 5.75 Å². The van der Waals surface area contributed by atoms with Gasteiger partial charge >= 0.3 is 6.36 Å². The number of aromatic nitrogens is 2. The summed E-state index contributed by atoms with van der Waals surface area (Å²) in [5.41, 5.74) is 2.48. The van der Waals surface area contributed by atoms with Crippen LogP contribution in [0.4, 0.5) is 13.2 Å². The molecule has 0 radical (unpaired) electrons. The van der Waals surface area contributed by atoms with Crippen LogP contribution in [-0.2, 0) is 13.1 Å². The minimum Gasteiger partial charge on any atom is -0.406 e. The Hall–Kier alpha value is -2.55. The number of nitrogens with one attached hydrogen (secondary N) is 1. The lowest BCUT2D eigenvalue weighted by molar-refractivity contribution is -0.274. The second-order valence-electron chi connectivity index (χ2n) is 8.07. The van der Waals surface area contributed by atoms with Gasteiger partial charge in [0.1, 0.15) is 5.75 Å². The number of benzene rings is 1. The van der Waals surface area contributed by atoms with E-state index in [4.69, 9.17) is 0 Å². The van der Waals surface area contributed by atoms with Crippen molar-refractivity contribution in [2.24, 2.45) is 17.8 Å². The third-order valence-electron chi connectivity index (χ3n) is 6.04. The molecule has 1 aromatic carbocycles. The molecule has 6 nitrogen and oxygen atoms in total. The highest BCUT2D eigenvalue weighted by Crippen LogP contribution is 2.51. The quantitative estimate of drug-likeness (QED) is 0.745. The van der Waals surface area contributed by atoms with E-state index in [9.17, 15) is 18.0 Å². The summed E-state index contributed by atoms with van der Waals surface area (Å²) in [6, 6.07) is 5.14. The molecule has 1 saturated heterocycles. The first-order valence-electron chi connectivity index (χ1n) is 10.1. The van der Waals surface area contributed by atoms with Gasteiger partial charge in [0.25, 0.3) is 5.91 Å². The van der Waals surface area contributed by atoms with Crippen molar-refractivity contribution in [2.45, 2.75) is 33.3 Å². The summed E-state index contributed by atoms with van der Waals surface area (Å²) in [5, 5.41) is 7.35. The largest absolute Gasteiger partial charge is 0.573 e. The first-order chi connectivity index (χ1) is 14.2. The molecule has 4 rings (SSSR count). The van der Waals surface area contributed by atoms with Gasteiger partial charge in [-0.2, -0.15) is 5.10 Å². The lowest BCUT2D eigenvalue weighted by atomic mass is 10.2. The van der Waals surface area contributed by atoms with Crippen molar-refractivity contribution in [2.75, 3.05) is 19.6 Å². The van der Waals surface area contributed by atoms with Crippen molar-refractivity contribution >= 4 is 5.91 Å². The number of hydrogen-bond donors (Lipinski definition) is 1. The van der Waals surface area contributed by atoms with Crippen LogP contribution in [0.2, 0.25) is 0 Å². The fraction of sp³-hybridized carbons (Fsp3) is 0.524. The van der Waals surface area contributed by atoms with Gasteiger partial charge in [-0.15, -0.1) is 13.2 Å². The molecule has 2 aliphatic rings. The summed E-state index contributed by atoms with van der Waals surface area (Å²) >= 11 is 0. The molecular weight excluding hydrogens is 397 g/mol. The van der Waals surface area contributed by atoms with Gasteiger partial charge in [-0.1, -0.05) is 6.07 Å². The average Bonchev–Trinajstić information content (AvgIpc) is 2.99. The number of nitrogens with zero attached hydrogens (tertiary/aromatic N) is 3. The summed E-state index contributed by atoms with van der Waals surface area (Å²) < 4.78 is 42.9. The number of fused-ring (bicyclic) bond motifs is 1. The normalized spacial score (nSPS) is 23.3. The summed E-state index contributed by atoms with van der Waals surface area (Å²) in [6.45, 7) is 8.39. The number of carbonyl (C=O) groups is 1. The Balaban J connectivity index is 1.24. The molecule has 162 valence electrons. The van der Waals surface area contributed by atoms with Gasteiger partial charge in [-0.05, 0) is 49.8 Å². The third-order valence-corrected chi connectivity index (χ3v) is 6.04. The number of amides is 1. The van der Waals surface area contributed by atoms with Crippen molar-refractivity contribution in [1.29, 1.82) is 0 Å². The first-order valence-corrected chi connectivity index (χ1v) is 10.1. The predicted molar refractivity (Wildman–Crippen MR) is 104 cm³/mol. The standard InChI is InChI=1S/C21H25F3N4O2/c1-3-28-10-15(13(2)26-28)9-27-11-18-17(19(18)12-27)8-25-20(29)14-5-4-6-16(7-14)30-21(22,23)24/h4-7,10,17-19H,3,8-9,11-12H2,1-2H3,(H,25,29). The van der Waals surface area contributed by atoms with Crippen molar-refractivity contribution in [3.05, 3.63) is 47.3 Å². The van der Waals surface area contributed by atoms with Gasteiger partial charge in [0.15, 0.2) is 0 Å². The number of aryl methyl sites for hydroxylation is 2. The van der Waals surface area contributed by atoms with Crippen molar-refractivity contribution < 1.29 is 22.7 Å². The summed E-state index contributed by atoms with van der Waals surface area (Å²) in [5.74, 6) is 0.778. The van der Waals surface area contributed by atoms with E-state index in [-0.39, 0.29) is 11.5 Å². The third kappa shape index (κ3) is 4.61. The monoisotopic (exact) mass is 422 g/mol. The van der Waals surface area contributed by atoms with Crippen LogP contribution in [0, 0.1) is 24.7 Å². The molecule has 0 bridgehead atoms. The van der Waals surface area contributed by atoms with E-state index in [1.54, 1.807) is 0 Å². The lowest BCUT2D eigenvalue weighted by Crippen LogP contribution is -2.30. The molecule has 2 unspecified atom stereocenters. The van der Waals surface area contributed by atoms with Crippen LogP contribution in [0.1, 0.15) is 28.5 Å². The fourth-order valence-corrected chi connectivity index (χ4v) is 4.43. The number of ether oxygens (including phenoxy) is 1. The van der Waals surface area contributed by atoms with Gasteiger partial charge in [0.05, 0.1) is 5.69 Å². The van der Waals surface area contributed by atoms with Crippen LogP contribution in [0.5, 0.6) is 5.75 Å². The molecule has 30 heavy (non-hydrogen) atoms. The van der Waals surface area contributed by atoms with Crippen LogP contribution in [-0.4, -0.2) is 46.6 Å². The summed E-state index contributed by atoms with van der Waals surface area (Å²) in [6.07, 6.45) is -2.67. The van der Waals surface area contributed by atoms with E-state index in [2.05, 4.69) is 33.2 Å². The average molecular weight is 422 g/mol. The number of alkyl halides is 3. The Morgan fingerprint density at radius 1 is 1.30 bits per heavy atom. The van der Waals surface area contributed by atoms with Crippen LogP contribution >= 0.6 is 0 Å². The van der Waals surface area contributed by atoms with E-state index in [0.717, 1.165) is 37.9 Å². The second kappa shape index (κ2) is 7.94. The number of rotatable bonds is 7. The molecule has 1 aliphatic carbocycles. The molecular formula is C21H25F3N4O2. The highest BCUT2D eigenvalue weighted by Gasteiger charge is 2.55. The van der Waals surface area contributed by atoms with Crippen molar-refractivity contribution in [3.63, 3.8) is 0 Å². The van der Waals surface area contributed by atoms with Crippen molar-refractivity contribution in [1.82, 2.24) is 20.0 Å². The highest BCUT2D eigenvalue weighted by molar-refractivity contribution is 5.94. The Morgan fingerprint density at radius 2 is 2.03 bits per heavy atom. The first kappa shape index (κ1) is 20.7. The van der Waals surface area contributed by atoms with E-state index >= 15 is 0 Å². The molecule has 2 aromatic rings. The van der Waals surface area contributed by atoms with Crippen LogP contribution < -0.4 is 10.1 Å². The Labute approximate surface area is 173 Å². The molecule has 1 saturated carbocycles. The zero-order valence-corrected chi connectivity index (χ0v) is 16.9. The number of halogens is 3. The van der Waals surface area contributed by atoms with E-state index in [1.165, 1.54) is 23.8 Å². The van der Waals surface area contributed by atoms with Gasteiger partial charge in [-0.3, -0.25) is 14.4 Å². The van der Waals surface area contributed by atoms with Crippen LogP contribution in [0.15, 0.2) is 30.5 Å². The molecule has 0 spiro atoms. The molecule has 2 heterocycles. The summed E-state index contributed by atoms with van der Waals surface area (Å²) in [4.78, 5) is 14.7. The van der Waals surface area contributed by atoms with Gasteiger partial charge < -0.3 is 10.1 Å². The second-order valence-corrected chi connectivity index (χ2v) is 8.07. The maximum Gasteiger partial charge on any atom is 0.573 e. The minimum atomic E-state index is -4.78. The zero-order chi connectivity index (χ0) is 21.5. The van der Waals surface area contributed by atoms with E-state index < -0.39 is 12.1 Å². The maximum absolute atomic E-state index is 12.3. The zero-order valence-electron chi connectivity index (χ0n) is 16.9. The Morgan fingerprint density at radius 3 is 2.67 bits per heavy atom. The van der Waals surface area contributed by atoms with E-state index in [1.807, 2.05) is 11.6 Å². The molecule has 1 N–H and O–H groups in total. The topological polar surface area (TPSA) is 59.4 Å². The van der Waals surface area contributed by atoms with Crippen LogP contribution in [0.3, 0.4) is 0 Å². The molecule has 1 aliphatic heterocycles. The lowest BCUT2D eigenvalue weighted by Gasteiger charge is -2.19. The number of likely N-dealkylation sites (tertiary alicyclic amines) is 1. The molecule has 1 amide bonds. The summed E-state index contributed by atoms with van der Waals surface area (Å²) in [7, 11) is 0. The molecule has 2 atom stereocenters. The Bertz CT molecular complexity index is 915. The Kier molecular flexibility index (Phi) is 5.48. The fourth-order valence-electron chi connectivity index (χ4n) is 4.43. The SMILES string of the molecule is CCn1cc(CN2CC3C(CNC(=O)c4cccc(OC(F)(F)F)c4)C3C2)c(C)n1. The molecule has 9 heteroatoms. The van der Waals surface area contributed by atoms with Gasteiger partial charge in [-0.25, -0.2) is 0 Å². The van der Waals surface area contributed by atoms with Gasteiger partial charge in [0.2, 0.25) is 0 Å². The predicted octanol–water partition coefficient (Wildman–Crippen LogP) is 3.22. The van der Waals surface area contributed by atoms with Crippen LogP contribution in [0.25, 0.3) is 0 Å². The molecule has 1 aromatic heterocycles. The number of carbonyl (C=O) groups excluding carboxylic acids is 1. The number of hydrogen-bond acceptors (Lipinski definition) is 4. The van der Waals surface area contributed by atoms with Gasteiger partial charge in [0, 0.05) is 50.0 Å². The number of piperidine rings is 1. The maximum atomic E-state index is 12.3.